The molecule has 0 bridgehead atoms. The fourth-order valence-electron chi connectivity index (χ4n) is 3.00. The SMILES string of the molecule is CCOC(=O)[C@H]1[C@H](c2ccccc2)C(=O)N1S(=O)(=O)c1ccc(C)cc1. The number of aryl methyl sites for hydroxylation is 1. The molecule has 0 radical (unpaired) electrons. The number of amides is 1. The Kier molecular flexibility index (Phi) is 4.82. The van der Waals surface area contributed by atoms with E-state index in [4.69, 9.17) is 4.74 Å². The van der Waals surface area contributed by atoms with Gasteiger partial charge in [-0.15, -0.1) is 0 Å². The molecule has 1 heterocycles. The number of carbonyl (C=O) groups excluding carboxylic acids is 2. The van der Waals surface area contributed by atoms with Gasteiger partial charge < -0.3 is 4.74 Å². The van der Waals surface area contributed by atoms with Crippen molar-refractivity contribution >= 4 is 21.9 Å². The fraction of sp³-hybridized carbons (Fsp3) is 0.263. The van der Waals surface area contributed by atoms with Crippen molar-refractivity contribution in [2.45, 2.75) is 30.7 Å². The molecule has 2 atom stereocenters. The first kappa shape index (κ1) is 18.1. The van der Waals surface area contributed by atoms with Crippen molar-refractivity contribution in [1.29, 1.82) is 0 Å². The lowest BCUT2D eigenvalue weighted by Crippen LogP contribution is -2.64. The zero-order chi connectivity index (χ0) is 18.9. The fourth-order valence-corrected chi connectivity index (χ4v) is 4.56. The predicted octanol–water partition coefficient (Wildman–Crippen LogP) is 2.24. The molecular formula is C19H19NO5S. The van der Waals surface area contributed by atoms with E-state index in [1.165, 1.54) is 12.1 Å². The Balaban J connectivity index is 2.01. The highest BCUT2D eigenvalue weighted by molar-refractivity contribution is 7.89. The topological polar surface area (TPSA) is 80.8 Å². The first-order valence-corrected chi connectivity index (χ1v) is 9.68. The second kappa shape index (κ2) is 6.92. The van der Waals surface area contributed by atoms with E-state index in [9.17, 15) is 18.0 Å². The van der Waals surface area contributed by atoms with Gasteiger partial charge in [0, 0.05) is 0 Å². The molecule has 1 amide bonds. The van der Waals surface area contributed by atoms with E-state index in [0.29, 0.717) is 9.87 Å². The van der Waals surface area contributed by atoms with Crippen molar-refractivity contribution in [1.82, 2.24) is 4.31 Å². The lowest BCUT2D eigenvalue weighted by molar-refractivity contribution is -0.162. The Morgan fingerprint density at radius 2 is 1.69 bits per heavy atom. The minimum atomic E-state index is -4.14. The highest BCUT2D eigenvalue weighted by atomic mass is 32.2. The van der Waals surface area contributed by atoms with Crippen LogP contribution in [0.15, 0.2) is 59.5 Å². The first-order valence-electron chi connectivity index (χ1n) is 8.24. The number of ether oxygens (including phenoxy) is 1. The van der Waals surface area contributed by atoms with Gasteiger partial charge in [-0.1, -0.05) is 48.0 Å². The van der Waals surface area contributed by atoms with E-state index in [2.05, 4.69) is 0 Å². The maximum Gasteiger partial charge on any atom is 0.331 e. The third-order valence-corrected chi connectivity index (χ3v) is 6.11. The standard InChI is InChI=1S/C19H19NO5S/c1-3-25-19(22)17-16(14-7-5-4-6-8-14)18(21)20(17)26(23,24)15-11-9-13(2)10-12-15/h4-12,16-17H,3H2,1-2H3/t16-,17+/m0/s1. The summed E-state index contributed by atoms with van der Waals surface area (Å²) < 4.78 is 31.5. The summed E-state index contributed by atoms with van der Waals surface area (Å²) in [5.74, 6) is -2.22. The Labute approximate surface area is 152 Å². The highest BCUT2D eigenvalue weighted by Gasteiger charge is 2.58. The van der Waals surface area contributed by atoms with Gasteiger partial charge in [0.1, 0.15) is 0 Å². The number of benzene rings is 2. The van der Waals surface area contributed by atoms with Crippen LogP contribution in [-0.4, -0.2) is 37.2 Å². The Hall–Kier alpha value is -2.67. The van der Waals surface area contributed by atoms with Crippen LogP contribution in [0.25, 0.3) is 0 Å². The van der Waals surface area contributed by atoms with Gasteiger partial charge in [0.25, 0.3) is 10.0 Å². The molecule has 0 unspecified atom stereocenters. The van der Waals surface area contributed by atoms with E-state index >= 15 is 0 Å². The summed E-state index contributed by atoms with van der Waals surface area (Å²) in [4.78, 5) is 25.1. The molecule has 0 saturated carbocycles. The molecule has 2 aromatic carbocycles. The second-order valence-corrected chi connectivity index (χ2v) is 7.85. The van der Waals surface area contributed by atoms with Crippen LogP contribution >= 0.6 is 0 Å². The lowest BCUT2D eigenvalue weighted by Gasteiger charge is -2.44. The summed E-state index contributed by atoms with van der Waals surface area (Å²) in [7, 11) is -4.14. The van der Waals surface area contributed by atoms with Crippen molar-refractivity contribution in [3.8, 4) is 0 Å². The van der Waals surface area contributed by atoms with Crippen LogP contribution in [0.5, 0.6) is 0 Å². The van der Waals surface area contributed by atoms with Crippen LogP contribution in [-0.2, 0) is 24.3 Å². The molecule has 3 rings (SSSR count). The van der Waals surface area contributed by atoms with Gasteiger partial charge in [-0.2, -0.15) is 0 Å². The Morgan fingerprint density at radius 3 is 2.27 bits per heavy atom. The van der Waals surface area contributed by atoms with Gasteiger partial charge in [0.05, 0.1) is 17.4 Å². The van der Waals surface area contributed by atoms with E-state index in [1.807, 2.05) is 6.92 Å². The minimum absolute atomic E-state index is 0.0303. The third kappa shape index (κ3) is 2.99. The molecule has 7 heteroatoms. The van der Waals surface area contributed by atoms with Crippen LogP contribution in [0.3, 0.4) is 0 Å². The molecule has 1 fully saturated rings. The third-order valence-electron chi connectivity index (χ3n) is 4.32. The molecule has 1 aliphatic heterocycles. The van der Waals surface area contributed by atoms with Gasteiger partial charge in [-0.3, -0.25) is 4.79 Å². The number of β-lactam (4-membered cyclic amide) rings is 1. The molecule has 0 aliphatic carbocycles. The van der Waals surface area contributed by atoms with Gasteiger partial charge in [0.15, 0.2) is 6.04 Å². The molecular weight excluding hydrogens is 354 g/mol. The molecule has 6 nitrogen and oxygen atoms in total. The highest BCUT2D eigenvalue weighted by Crippen LogP contribution is 2.40. The molecule has 0 spiro atoms. The zero-order valence-electron chi connectivity index (χ0n) is 14.5. The number of rotatable bonds is 5. The number of esters is 1. The summed E-state index contributed by atoms with van der Waals surface area (Å²) in [5.41, 5.74) is 1.48. The van der Waals surface area contributed by atoms with Gasteiger partial charge in [0.2, 0.25) is 5.91 Å². The van der Waals surface area contributed by atoms with E-state index in [1.54, 1.807) is 49.4 Å². The molecule has 0 aromatic heterocycles. The van der Waals surface area contributed by atoms with Gasteiger partial charge in [-0.25, -0.2) is 17.5 Å². The molecule has 1 saturated heterocycles. The van der Waals surface area contributed by atoms with Crippen molar-refractivity contribution in [3.63, 3.8) is 0 Å². The summed E-state index contributed by atoms with van der Waals surface area (Å²) in [6.45, 7) is 3.57. The Bertz CT molecular complexity index is 922. The smallest absolute Gasteiger partial charge is 0.331 e. The maximum absolute atomic E-state index is 12.9. The van der Waals surface area contributed by atoms with E-state index < -0.39 is 33.9 Å². The average Bonchev–Trinajstić information content (AvgIpc) is 2.60. The second-order valence-electron chi connectivity index (χ2n) is 6.04. The number of nitrogens with zero attached hydrogens (tertiary/aromatic N) is 1. The normalized spacial score (nSPS) is 19.8. The zero-order valence-corrected chi connectivity index (χ0v) is 15.3. The van der Waals surface area contributed by atoms with E-state index in [-0.39, 0.29) is 11.5 Å². The quantitative estimate of drug-likeness (QED) is 0.593. The first-order chi connectivity index (χ1) is 12.4. The number of hydrogen-bond acceptors (Lipinski definition) is 5. The molecule has 1 aliphatic rings. The molecule has 2 aromatic rings. The van der Waals surface area contributed by atoms with Crippen molar-refractivity contribution in [2.75, 3.05) is 6.61 Å². The van der Waals surface area contributed by atoms with E-state index in [0.717, 1.165) is 5.56 Å². The summed E-state index contributed by atoms with van der Waals surface area (Å²) in [6.07, 6.45) is 0. The van der Waals surface area contributed by atoms with Crippen molar-refractivity contribution in [2.24, 2.45) is 0 Å². The number of hydrogen-bond donors (Lipinski definition) is 0. The molecule has 0 N–H and O–H groups in total. The van der Waals surface area contributed by atoms with Gasteiger partial charge >= 0.3 is 5.97 Å². The summed E-state index contributed by atoms with van der Waals surface area (Å²) >= 11 is 0. The van der Waals surface area contributed by atoms with Crippen LogP contribution in [0, 0.1) is 6.92 Å². The monoisotopic (exact) mass is 373 g/mol. The van der Waals surface area contributed by atoms with Gasteiger partial charge in [-0.05, 0) is 31.5 Å². The van der Waals surface area contributed by atoms with Crippen molar-refractivity contribution < 1.29 is 22.7 Å². The maximum atomic E-state index is 12.9. The van der Waals surface area contributed by atoms with Crippen LogP contribution in [0.4, 0.5) is 0 Å². The number of sulfonamides is 1. The summed E-state index contributed by atoms with van der Waals surface area (Å²) in [6, 6.07) is 13.6. The minimum Gasteiger partial charge on any atom is -0.464 e. The molecule has 136 valence electrons. The number of carbonyl (C=O) groups is 2. The van der Waals surface area contributed by atoms with Crippen LogP contribution in [0.2, 0.25) is 0 Å². The average molecular weight is 373 g/mol. The van der Waals surface area contributed by atoms with Crippen molar-refractivity contribution in [3.05, 3.63) is 65.7 Å². The molecule has 26 heavy (non-hydrogen) atoms. The predicted molar refractivity (Wildman–Crippen MR) is 94.8 cm³/mol. The van der Waals surface area contributed by atoms with Crippen LogP contribution in [0.1, 0.15) is 24.0 Å². The summed E-state index contributed by atoms with van der Waals surface area (Å²) in [5, 5.41) is 0. The lowest BCUT2D eigenvalue weighted by atomic mass is 9.84. The largest absolute Gasteiger partial charge is 0.464 e. The Morgan fingerprint density at radius 1 is 1.08 bits per heavy atom. The van der Waals surface area contributed by atoms with Crippen LogP contribution < -0.4 is 0 Å².